The molecule has 2 heterocycles. The summed E-state index contributed by atoms with van der Waals surface area (Å²) in [6, 6.07) is 4.08. The molecule has 2 rings (SSSR count). The van der Waals surface area contributed by atoms with Crippen LogP contribution in [0.3, 0.4) is 0 Å². The molecule has 0 spiro atoms. The van der Waals surface area contributed by atoms with Crippen LogP contribution in [0.4, 0.5) is 0 Å². The fourth-order valence-electron chi connectivity index (χ4n) is 2.05. The van der Waals surface area contributed by atoms with Crippen molar-refractivity contribution in [2.24, 2.45) is 0 Å². The Morgan fingerprint density at radius 1 is 1.58 bits per heavy atom. The summed E-state index contributed by atoms with van der Waals surface area (Å²) in [5, 5.41) is 4.84. The summed E-state index contributed by atoms with van der Waals surface area (Å²) in [7, 11) is 0. The third kappa shape index (κ3) is 3.30. The van der Waals surface area contributed by atoms with Crippen LogP contribution >= 0.6 is 23.1 Å². The van der Waals surface area contributed by atoms with E-state index in [1.54, 1.807) is 41.8 Å². The highest BCUT2D eigenvalue weighted by atomic mass is 32.2. The maximum absolute atomic E-state index is 12.2. The first-order valence-corrected chi connectivity index (χ1v) is 8.24. The van der Waals surface area contributed by atoms with Crippen molar-refractivity contribution >= 4 is 34.9 Å². The molecule has 0 aliphatic carbocycles. The molecule has 0 aromatic carbocycles. The Morgan fingerprint density at radius 3 is 3.05 bits per heavy atom. The topological polar surface area (TPSA) is 49.4 Å². The van der Waals surface area contributed by atoms with Gasteiger partial charge in [-0.1, -0.05) is 6.07 Å². The van der Waals surface area contributed by atoms with Gasteiger partial charge in [0.1, 0.15) is 5.54 Å². The second-order valence-corrected chi connectivity index (χ2v) is 6.95. The Kier molecular flexibility index (Phi) is 4.52. The lowest BCUT2D eigenvalue weighted by Gasteiger charge is -2.41. The number of nitrogens with one attached hydrogen (secondary N) is 1. The molecule has 1 fully saturated rings. The van der Waals surface area contributed by atoms with Gasteiger partial charge in [0, 0.05) is 23.7 Å². The minimum atomic E-state index is -0.737. The third-order valence-corrected chi connectivity index (χ3v) is 5.23. The molecule has 0 saturated carbocycles. The van der Waals surface area contributed by atoms with Gasteiger partial charge in [0.05, 0.1) is 5.75 Å². The quantitative estimate of drug-likeness (QED) is 0.921. The number of rotatable bonds is 4. The van der Waals surface area contributed by atoms with Crippen LogP contribution in [0.5, 0.6) is 0 Å². The number of nitrogens with zero attached hydrogens (tertiary/aromatic N) is 1. The van der Waals surface area contributed by atoms with E-state index in [9.17, 15) is 9.59 Å². The minimum absolute atomic E-state index is 0.0430. The zero-order valence-electron chi connectivity index (χ0n) is 11.1. The maximum Gasteiger partial charge on any atom is 0.245 e. The lowest BCUT2D eigenvalue weighted by Crippen LogP contribution is -2.63. The molecule has 1 N–H and O–H groups in total. The van der Waals surface area contributed by atoms with Crippen molar-refractivity contribution in [2.45, 2.75) is 25.1 Å². The smallest absolute Gasteiger partial charge is 0.245 e. The van der Waals surface area contributed by atoms with Crippen molar-refractivity contribution in [1.82, 2.24) is 10.2 Å². The number of hydrogen-bond acceptors (Lipinski definition) is 4. The van der Waals surface area contributed by atoms with Gasteiger partial charge in [0.15, 0.2) is 0 Å². The van der Waals surface area contributed by atoms with Crippen LogP contribution in [-0.2, 0) is 15.3 Å². The molecule has 0 bridgehead atoms. The summed E-state index contributed by atoms with van der Waals surface area (Å²) < 4.78 is 0. The number of carbonyl (C=O) groups is 2. The van der Waals surface area contributed by atoms with Crippen molar-refractivity contribution in [2.75, 3.05) is 18.8 Å². The van der Waals surface area contributed by atoms with E-state index in [0.29, 0.717) is 18.8 Å². The minimum Gasteiger partial charge on any atom is -0.352 e. The summed E-state index contributed by atoms with van der Waals surface area (Å²) in [4.78, 5) is 27.0. The largest absolute Gasteiger partial charge is 0.352 e. The molecule has 0 unspecified atom stereocenters. The average Bonchev–Trinajstić information content (AvgIpc) is 2.85. The van der Waals surface area contributed by atoms with Crippen molar-refractivity contribution < 1.29 is 9.59 Å². The first kappa shape index (κ1) is 14.4. The van der Waals surface area contributed by atoms with Crippen LogP contribution in [-0.4, -0.2) is 41.1 Å². The third-order valence-electron chi connectivity index (χ3n) is 3.20. The van der Waals surface area contributed by atoms with Crippen LogP contribution in [0.15, 0.2) is 17.5 Å². The van der Waals surface area contributed by atoms with Gasteiger partial charge < -0.3 is 10.2 Å². The highest BCUT2D eigenvalue weighted by Gasteiger charge is 2.39. The molecule has 19 heavy (non-hydrogen) atoms. The van der Waals surface area contributed by atoms with Gasteiger partial charge in [-0.2, -0.15) is 0 Å². The number of thiophene rings is 1. The second-order valence-electron chi connectivity index (χ2n) is 4.93. The highest BCUT2D eigenvalue weighted by Crippen LogP contribution is 2.21. The molecule has 1 aliphatic heterocycles. The predicted molar refractivity (Wildman–Crippen MR) is 79.3 cm³/mol. The Hall–Kier alpha value is -1.01. The zero-order valence-corrected chi connectivity index (χ0v) is 12.8. The fourth-order valence-corrected chi connectivity index (χ4v) is 3.79. The van der Waals surface area contributed by atoms with Gasteiger partial charge in [0.25, 0.3) is 0 Å². The molecule has 2 amide bonds. The standard InChI is InChI=1S/C13H18N2O2S2/c1-13(2)12(17)14-5-6-15(13)11(16)9-18-8-10-4-3-7-19-10/h3-4,7H,5-6,8-9H2,1-2H3,(H,14,17). The summed E-state index contributed by atoms with van der Waals surface area (Å²) >= 11 is 3.30. The van der Waals surface area contributed by atoms with Gasteiger partial charge in [0.2, 0.25) is 11.8 Å². The van der Waals surface area contributed by atoms with Gasteiger partial charge in [-0.05, 0) is 25.3 Å². The number of thioether (sulfide) groups is 1. The van der Waals surface area contributed by atoms with Gasteiger partial charge in [-0.3, -0.25) is 9.59 Å². The normalized spacial score (nSPS) is 18.2. The molecule has 4 nitrogen and oxygen atoms in total. The van der Waals surface area contributed by atoms with Crippen LogP contribution in [0, 0.1) is 0 Å². The van der Waals surface area contributed by atoms with Gasteiger partial charge >= 0.3 is 0 Å². The number of piperazine rings is 1. The van der Waals surface area contributed by atoms with E-state index < -0.39 is 5.54 Å². The van der Waals surface area contributed by atoms with E-state index in [0.717, 1.165) is 5.75 Å². The summed E-state index contributed by atoms with van der Waals surface area (Å²) in [6.07, 6.45) is 0. The number of amides is 2. The number of carbonyl (C=O) groups excluding carboxylic acids is 2. The monoisotopic (exact) mass is 298 g/mol. The lowest BCUT2D eigenvalue weighted by molar-refractivity contribution is -0.147. The molecule has 0 radical (unpaired) electrons. The van der Waals surface area contributed by atoms with Crippen LogP contribution in [0.25, 0.3) is 0 Å². The summed E-state index contributed by atoms with van der Waals surface area (Å²) in [5.74, 6) is 1.25. The van der Waals surface area contributed by atoms with Gasteiger partial charge in [-0.15, -0.1) is 23.1 Å². The molecular formula is C13H18N2O2S2. The zero-order chi connectivity index (χ0) is 13.9. The van der Waals surface area contributed by atoms with Crippen LogP contribution in [0.2, 0.25) is 0 Å². The first-order chi connectivity index (χ1) is 9.01. The van der Waals surface area contributed by atoms with Crippen LogP contribution in [0.1, 0.15) is 18.7 Å². The molecule has 0 atom stereocenters. The van der Waals surface area contributed by atoms with Crippen molar-refractivity contribution in [1.29, 1.82) is 0 Å². The van der Waals surface area contributed by atoms with Gasteiger partial charge in [-0.25, -0.2) is 0 Å². The molecule has 6 heteroatoms. The Morgan fingerprint density at radius 2 is 2.37 bits per heavy atom. The molecule has 1 aromatic heterocycles. The SMILES string of the molecule is CC1(C)C(=O)NCCN1C(=O)CSCc1cccs1. The molecule has 1 aliphatic rings. The van der Waals surface area contributed by atoms with E-state index >= 15 is 0 Å². The van der Waals surface area contributed by atoms with Crippen molar-refractivity contribution in [3.05, 3.63) is 22.4 Å². The van der Waals surface area contributed by atoms with Crippen molar-refractivity contribution in [3.63, 3.8) is 0 Å². The Labute approximate surface area is 121 Å². The Balaban J connectivity index is 1.87. The Bertz CT molecular complexity index is 457. The predicted octanol–water partition coefficient (Wildman–Crippen LogP) is 1.72. The highest BCUT2D eigenvalue weighted by molar-refractivity contribution is 7.99. The van der Waals surface area contributed by atoms with E-state index in [1.807, 2.05) is 11.4 Å². The maximum atomic E-state index is 12.2. The van der Waals surface area contributed by atoms with E-state index in [4.69, 9.17) is 0 Å². The van der Waals surface area contributed by atoms with Crippen LogP contribution < -0.4 is 5.32 Å². The summed E-state index contributed by atoms with van der Waals surface area (Å²) in [5.41, 5.74) is -0.737. The first-order valence-electron chi connectivity index (χ1n) is 6.20. The second kappa shape index (κ2) is 5.96. The van der Waals surface area contributed by atoms with Crippen molar-refractivity contribution in [3.8, 4) is 0 Å². The molecular weight excluding hydrogens is 280 g/mol. The lowest BCUT2D eigenvalue weighted by atomic mass is 9.99. The molecule has 104 valence electrons. The molecule has 1 saturated heterocycles. The fraction of sp³-hybridized carbons (Fsp3) is 0.538. The van der Waals surface area contributed by atoms with E-state index in [-0.39, 0.29) is 11.8 Å². The van der Waals surface area contributed by atoms with E-state index in [1.165, 1.54) is 4.88 Å². The van der Waals surface area contributed by atoms with E-state index in [2.05, 4.69) is 11.4 Å². The number of hydrogen-bond donors (Lipinski definition) is 1. The summed E-state index contributed by atoms with van der Waals surface area (Å²) in [6.45, 7) is 4.73. The molecule has 1 aromatic rings. The average molecular weight is 298 g/mol.